The number of hydrogen-bond donors (Lipinski definition) is 0. The minimum absolute atomic E-state index is 0.101. The Hall–Kier alpha value is -0.940. The van der Waals surface area contributed by atoms with Crippen LogP contribution < -0.4 is 0 Å². The summed E-state index contributed by atoms with van der Waals surface area (Å²) in [4.78, 5) is 0.196. The lowest BCUT2D eigenvalue weighted by atomic mass is 10.1. The van der Waals surface area contributed by atoms with Gasteiger partial charge in [0.2, 0.25) is 0 Å². The molecular weight excluding hydrogens is 325 g/mol. The molecule has 0 fully saturated rings. The normalized spacial score (nSPS) is 11.6. The molecule has 0 aliphatic rings. The summed E-state index contributed by atoms with van der Waals surface area (Å²) in [7, 11) is 0. The summed E-state index contributed by atoms with van der Waals surface area (Å²) >= 11 is 3.26. The van der Waals surface area contributed by atoms with Crippen LogP contribution in [0.25, 0.3) is 11.1 Å². The van der Waals surface area contributed by atoms with Crippen LogP contribution in [0.3, 0.4) is 0 Å². The van der Waals surface area contributed by atoms with Crippen LogP contribution in [0, 0.1) is 0 Å². The first-order chi connectivity index (χ1) is 8.44. The summed E-state index contributed by atoms with van der Waals surface area (Å²) in [5, 5.41) is 0. The van der Waals surface area contributed by atoms with Gasteiger partial charge in [-0.05, 0) is 47.2 Å². The van der Waals surface area contributed by atoms with Crippen molar-refractivity contribution in [3.63, 3.8) is 0 Å². The Morgan fingerprint density at radius 3 is 2.11 bits per heavy atom. The second-order valence-electron chi connectivity index (χ2n) is 3.58. The average Bonchev–Trinajstić information content (AvgIpc) is 2.28. The first kappa shape index (κ1) is 13.5. The Kier molecular flexibility index (Phi) is 4.02. The van der Waals surface area contributed by atoms with Gasteiger partial charge in [-0.15, -0.1) is 0 Å². The van der Waals surface area contributed by atoms with Crippen molar-refractivity contribution in [1.82, 2.24) is 0 Å². The molecule has 2 aromatic carbocycles. The minimum atomic E-state index is -4.24. The van der Waals surface area contributed by atoms with Crippen molar-refractivity contribution in [2.24, 2.45) is 0 Å². The first-order valence-corrected chi connectivity index (χ1v) is 6.67. The molecule has 0 aliphatic carbocycles. The fraction of sp³-hybridized carbons (Fsp3) is 0.0769. The lowest BCUT2D eigenvalue weighted by Gasteiger charge is -2.07. The van der Waals surface area contributed by atoms with Crippen molar-refractivity contribution in [2.45, 2.75) is 10.4 Å². The van der Waals surface area contributed by atoms with Gasteiger partial charge in [0.25, 0.3) is 0 Å². The molecule has 2 aromatic rings. The van der Waals surface area contributed by atoms with Crippen LogP contribution in [0.15, 0.2) is 57.9 Å². The van der Waals surface area contributed by atoms with Gasteiger partial charge in [-0.1, -0.05) is 40.2 Å². The van der Waals surface area contributed by atoms with Crippen molar-refractivity contribution in [3.8, 4) is 11.1 Å². The van der Waals surface area contributed by atoms with Gasteiger partial charge in [0.15, 0.2) is 0 Å². The first-order valence-electron chi connectivity index (χ1n) is 5.06. The SMILES string of the molecule is FC(F)(F)Sc1ccc(-c2cccc(Br)c2)cc1. The molecule has 0 saturated heterocycles. The third-order valence-electron chi connectivity index (χ3n) is 2.25. The molecule has 0 amide bonds. The Morgan fingerprint density at radius 1 is 0.889 bits per heavy atom. The monoisotopic (exact) mass is 332 g/mol. The highest BCUT2D eigenvalue weighted by Crippen LogP contribution is 2.37. The number of thioether (sulfide) groups is 1. The lowest BCUT2D eigenvalue weighted by Crippen LogP contribution is -1.98. The molecule has 0 heterocycles. The van der Waals surface area contributed by atoms with Gasteiger partial charge in [0.1, 0.15) is 0 Å². The zero-order chi connectivity index (χ0) is 13.2. The van der Waals surface area contributed by atoms with Crippen LogP contribution in [0.4, 0.5) is 13.2 Å². The second kappa shape index (κ2) is 5.36. The van der Waals surface area contributed by atoms with E-state index >= 15 is 0 Å². The maximum absolute atomic E-state index is 12.2. The molecule has 0 saturated carbocycles. The Morgan fingerprint density at radius 2 is 1.56 bits per heavy atom. The molecule has 0 nitrogen and oxygen atoms in total. The van der Waals surface area contributed by atoms with Crippen molar-refractivity contribution in [1.29, 1.82) is 0 Å². The third-order valence-corrected chi connectivity index (χ3v) is 3.48. The number of rotatable bonds is 2. The van der Waals surface area contributed by atoms with Crippen LogP contribution in [0.1, 0.15) is 0 Å². The maximum atomic E-state index is 12.2. The molecule has 0 atom stereocenters. The van der Waals surface area contributed by atoms with Gasteiger partial charge >= 0.3 is 5.51 Å². The number of hydrogen-bond acceptors (Lipinski definition) is 1. The smallest absolute Gasteiger partial charge is 0.160 e. The van der Waals surface area contributed by atoms with Crippen LogP contribution >= 0.6 is 27.7 Å². The molecule has 5 heteroatoms. The average molecular weight is 333 g/mol. The summed E-state index contributed by atoms with van der Waals surface area (Å²) in [5.41, 5.74) is -2.38. The van der Waals surface area contributed by atoms with E-state index in [2.05, 4.69) is 15.9 Å². The van der Waals surface area contributed by atoms with Crippen LogP contribution in [-0.4, -0.2) is 5.51 Å². The summed E-state index contributed by atoms with van der Waals surface area (Å²) in [6.45, 7) is 0. The Labute approximate surface area is 115 Å². The predicted octanol–water partition coefficient (Wildman–Crippen LogP) is 5.73. The van der Waals surface area contributed by atoms with E-state index in [0.29, 0.717) is 0 Å². The van der Waals surface area contributed by atoms with Gasteiger partial charge in [-0.2, -0.15) is 13.2 Å². The van der Waals surface area contributed by atoms with E-state index in [1.165, 1.54) is 12.1 Å². The maximum Gasteiger partial charge on any atom is 0.446 e. The molecule has 94 valence electrons. The fourth-order valence-electron chi connectivity index (χ4n) is 1.52. The highest BCUT2D eigenvalue weighted by Gasteiger charge is 2.28. The quantitative estimate of drug-likeness (QED) is 0.633. The summed E-state index contributed by atoms with van der Waals surface area (Å²) in [6.07, 6.45) is 0. The van der Waals surface area contributed by atoms with Crippen LogP contribution in [-0.2, 0) is 0 Å². The molecule has 0 radical (unpaired) electrons. The van der Waals surface area contributed by atoms with E-state index in [9.17, 15) is 13.2 Å². The van der Waals surface area contributed by atoms with Gasteiger partial charge in [0, 0.05) is 9.37 Å². The van der Waals surface area contributed by atoms with Crippen LogP contribution in [0.2, 0.25) is 0 Å². The summed E-state index contributed by atoms with van der Waals surface area (Å²) in [6, 6.07) is 14.0. The number of benzene rings is 2. The van der Waals surface area contributed by atoms with Gasteiger partial charge in [0.05, 0.1) is 0 Å². The molecule has 0 spiro atoms. The van der Waals surface area contributed by atoms with E-state index in [0.717, 1.165) is 15.6 Å². The molecule has 2 rings (SSSR count). The largest absolute Gasteiger partial charge is 0.446 e. The highest BCUT2D eigenvalue weighted by molar-refractivity contribution is 9.10. The summed E-state index contributed by atoms with van der Waals surface area (Å²) < 4.78 is 37.5. The van der Waals surface area contributed by atoms with Crippen molar-refractivity contribution in [2.75, 3.05) is 0 Å². The minimum Gasteiger partial charge on any atom is -0.160 e. The van der Waals surface area contributed by atoms with Crippen molar-refractivity contribution >= 4 is 27.7 Å². The predicted molar refractivity (Wildman–Crippen MR) is 71.5 cm³/mol. The fourth-order valence-corrected chi connectivity index (χ4v) is 2.46. The van der Waals surface area contributed by atoms with Gasteiger partial charge < -0.3 is 0 Å². The highest BCUT2D eigenvalue weighted by atomic mass is 79.9. The summed E-state index contributed by atoms with van der Waals surface area (Å²) in [5.74, 6) is 0. The van der Waals surface area contributed by atoms with E-state index in [1.54, 1.807) is 12.1 Å². The van der Waals surface area contributed by atoms with Gasteiger partial charge in [-0.3, -0.25) is 0 Å². The van der Waals surface area contributed by atoms with Crippen molar-refractivity contribution in [3.05, 3.63) is 53.0 Å². The molecule has 0 N–H and O–H groups in total. The Balaban J connectivity index is 2.22. The van der Waals surface area contributed by atoms with E-state index < -0.39 is 5.51 Å². The van der Waals surface area contributed by atoms with E-state index in [4.69, 9.17) is 0 Å². The van der Waals surface area contributed by atoms with Crippen LogP contribution in [0.5, 0.6) is 0 Å². The molecule has 0 bridgehead atoms. The number of halogens is 4. The zero-order valence-corrected chi connectivity index (χ0v) is 11.4. The Bertz CT molecular complexity index is 535. The van der Waals surface area contributed by atoms with E-state index in [1.807, 2.05) is 24.3 Å². The zero-order valence-electron chi connectivity index (χ0n) is 9.04. The van der Waals surface area contributed by atoms with Crippen molar-refractivity contribution < 1.29 is 13.2 Å². The van der Waals surface area contributed by atoms with Gasteiger partial charge in [-0.25, -0.2) is 0 Å². The molecule has 0 unspecified atom stereocenters. The molecule has 0 aliphatic heterocycles. The lowest BCUT2D eigenvalue weighted by molar-refractivity contribution is -0.0328. The topological polar surface area (TPSA) is 0 Å². The molecule has 18 heavy (non-hydrogen) atoms. The standard InChI is InChI=1S/C13H8BrF3S/c14-11-3-1-2-10(8-11)9-4-6-12(7-5-9)18-13(15,16)17/h1-8H. The van der Waals surface area contributed by atoms with E-state index in [-0.39, 0.29) is 16.7 Å². The number of alkyl halides is 3. The molecular formula is C13H8BrF3S. The second-order valence-corrected chi connectivity index (χ2v) is 5.64. The third kappa shape index (κ3) is 3.78. The molecule has 0 aromatic heterocycles.